The van der Waals surface area contributed by atoms with Gasteiger partial charge in [-0.25, -0.2) is 4.39 Å². The fraction of sp³-hybridized carbons (Fsp3) is 0.333. The van der Waals surface area contributed by atoms with E-state index in [1.165, 1.54) is 23.9 Å². The van der Waals surface area contributed by atoms with E-state index in [-0.39, 0.29) is 23.4 Å². The van der Waals surface area contributed by atoms with Gasteiger partial charge >= 0.3 is 0 Å². The second-order valence-corrected chi connectivity index (χ2v) is 10.5. The molecule has 3 aromatic rings. The number of nitrogens with zero attached hydrogens (tertiary/aromatic N) is 1. The molecule has 0 heterocycles. The van der Waals surface area contributed by atoms with Crippen LogP contribution in [0.25, 0.3) is 0 Å². The van der Waals surface area contributed by atoms with Gasteiger partial charge < -0.3 is 10.2 Å². The first-order chi connectivity index (χ1) is 17.3. The minimum atomic E-state index is -0.634. The van der Waals surface area contributed by atoms with Crippen LogP contribution in [-0.2, 0) is 28.3 Å². The second kappa shape index (κ2) is 13.8. The van der Waals surface area contributed by atoms with Gasteiger partial charge in [-0.1, -0.05) is 86.1 Å². The molecular formula is C30H35FN2O2S. The maximum atomic E-state index is 13.6. The predicted molar refractivity (Wildman–Crippen MR) is 146 cm³/mol. The van der Waals surface area contributed by atoms with Crippen molar-refractivity contribution in [2.75, 3.05) is 12.3 Å². The lowest BCUT2D eigenvalue weighted by molar-refractivity contribution is -0.139. The summed E-state index contributed by atoms with van der Waals surface area (Å²) in [5, 5.41) is 3.05. The molecule has 0 radical (unpaired) electrons. The van der Waals surface area contributed by atoms with Crippen LogP contribution in [0.2, 0.25) is 0 Å². The highest BCUT2D eigenvalue weighted by molar-refractivity contribution is 7.99. The number of rotatable bonds is 12. The third-order valence-corrected chi connectivity index (χ3v) is 6.79. The first-order valence-electron chi connectivity index (χ1n) is 12.3. The summed E-state index contributed by atoms with van der Waals surface area (Å²) in [6.07, 6.45) is 0.435. The standard InChI is InChI=1S/C30H35FN2O2S/c1-22(2)18-32-30(35)28(17-24-9-5-4-6-10-24)33(19-26-11-7-8-23(3)16-26)29(34)21-36-20-25-12-14-27(31)15-13-25/h4-16,22,28H,17-21H2,1-3H3,(H,32,35)/t28-/m0/s1. The molecule has 6 heteroatoms. The molecule has 0 aliphatic rings. The summed E-state index contributed by atoms with van der Waals surface area (Å²) in [6.45, 7) is 7.02. The van der Waals surface area contributed by atoms with Crippen molar-refractivity contribution >= 4 is 23.6 Å². The zero-order chi connectivity index (χ0) is 25.9. The first-order valence-corrected chi connectivity index (χ1v) is 13.5. The molecule has 1 N–H and O–H groups in total. The van der Waals surface area contributed by atoms with Crippen molar-refractivity contribution in [3.05, 3.63) is 107 Å². The molecular weight excluding hydrogens is 471 g/mol. The Morgan fingerprint density at radius 1 is 0.917 bits per heavy atom. The summed E-state index contributed by atoms with van der Waals surface area (Å²) in [6, 6.07) is 23.5. The smallest absolute Gasteiger partial charge is 0.243 e. The van der Waals surface area contributed by atoms with Crippen molar-refractivity contribution in [3.8, 4) is 0 Å². The van der Waals surface area contributed by atoms with Crippen molar-refractivity contribution in [2.24, 2.45) is 5.92 Å². The summed E-state index contributed by atoms with van der Waals surface area (Å²) >= 11 is 1.47. The number of aryl methyl sites for hydroxylation is 1. The maximum Gasteiger partial charge on any atom is 0.243 e. The molecule has 0 aliphatic heterocycles. The second-order valence-electron chi connectivity index (χ2n) is 9.47. The number of hydrogen-bond acceptors (Lipinski definition) is 3. The molecule has 0 bridgehead atoms. The Morgan fingerprint density at radius 2 is 1.61 bits per heavy atom. The van der Waals surface area contributed by atoms with Gasteiger partial charge in [-0.05, 0) is 41.7 Å². The molecule has 190 valence electrons. The number of thioether (sulfide) groups is 1. The minimum Gasteiger partial charge on any atom is -0.354 e. The first kappa shape index (κ1) is 27.5. The van der Waals surface area contributed by atoms with Crippen LogP contribution in [0, 0.1) is 18.7 Å². The predicted octanol–water partition coefficient (Wildman–Crippen LogP) is 5.78. The average molecular weight is 507 g/mol. The van der Waals surface area contributed by atoms with Crippen LogP contribution in [0.15, 0.2) is 78.9 Å². The highest BCUT2D eigenvalue weighted by atomic mass is 32.2. The topological polar surface area (TPSA) is 49.4 Å². The van der Waals surface area contributed by atoms with E-state index < -0.39 is 6.04 Å². The van der Waals surface area contributed by atoms with E-state index in [2.05, 4.69) is 11.4 Å². The van der Waals surface area contributed by atoms with Gasteiger partial charge in [-0.3, -0.25) is 9.59 Å². The zero-order valence-corrected chi connectivity index (χ0v) is 22.1. The van der Waals surface area contributed by atoms with Gasteiger partial charge in [-0.2, -0.15) is 0 Å². The number of carbonyl (C=O) groups excluding carboxylic acids is 2. The van der Waals surface area contributed by atoms with Crippen LogP contribution < -0.4 is 5.32 Å². The summed E-state index contributed by atoms with van der Waals surface area (Å²) < 4.78 is 13.2. The molecule has 2 amide bonds. The van der Waals surface area contributed by atoms with E-state index in [1.807, 2.05) is 69.3 Å². The molecule has 0 spiro atoms. The third-order valence-electron chi connectivity index (χ3n) is 5.80. The zero-order valence-electron chi connectivity index (χ0n) is 21.2. The van der Waals surface area contributed by atoms with E-state index in [0.29, 0.717) is 31.2 Å². The molecule has 3 rings (SSSR count). The Morgan fingerprint density at radius 3 is 2.28 bits per heavy atom. The molecule has 0 unspecified atom stereocenters. The summed E-state index contributed by atoms with van der Waals surface area (Å²) in [5.74, 6) is 0.610. The molecule has 0 aromatic heterocycles. The van der Waals surface area contributed by atoms with Crippen molar-refractivity contribution < 1.29 is 14.0 Å². The monoisotopic (exact) mass is 506 g/mol. The van der Waals surface area contributed by atoms with Gasteiger partial charge in [0.25, 0.3) is 0 Å². The van der Waals surface area contributed by atoms with E-state index in [1.54, 1.807) is 17.0 Å². The molecule has 0 aliphatic carbocycles. The van der Waals surface area contributed by atoms with Crippen LogP contribution >= 0.6 is 11.8 Å². The number of carbonyl (C=O) groups is 2. The Hall–Kier alpha value is -3.12. The van der Waals surface area contributed by atoms with Crippen LogP contribution in [-0.4, -0.2) is 35.1 Å². The fourth-order valence-electron chi connectivity index (χ4n) is 3.90. The number of halogens is 1. The van der Waals surface area contributed by atoms with E-state index in [9.17, 15) is 14.0 Å². The normalized spacial score (nSPS) is 11.8. The lowest BCUT2D eigenvalue weighted by Gasteiger charge is -2.32. The van der Waals surface area contributed by atoms with E-state index in [0.717, 1.165) is 22.3 Å². The summed E-state index contributed by atoms with van der Waals surface area (Å²) in [7, 11) is 0. The molecule has 1 atom stereocenters. The van der Waals surface area contributed by atoms with Crippen molar-refractivity contribution in [1.82, 2.24) is 10.2 Å². The number of amides is 2. The largest absolute Gasteiger partial charge is 0.354 e. The average Bonchev–Trinajstić information content (AvgIpc) is 2.86. The SMILES string of the molecule is Cc1cccc(CN(C(=O)CSCc2ccc(F)cc2)[C@@H](Cc2ccccc2)C(=O)NCC(C)C)c1. The molecule has 36 heavy (non-hydrogen) atoms. The quantitative estimate of drug-likeness (QED) is 0.339. The van der Waals surface area contributed by atoms with E-state index in [4.69, 9.17) is 0 Å². The van der Waals surface area contributed by atoms with Crippen LogP contribution in [0.5, 0.6) is 0 Å². The van der Waals surface area contributed by atoms with Gasteiger partial charge in [0, 0.05) is 25.3 Å². The number of hydrogen-bond donors (Lipinski definition) is 1. The summed E-state index contributed by atoms with van der Waals surface area (Å²) in [5.41, 5.74) is 4.05. The third kappa shape index (κ3) is 8.83. The lowest BCUT2D eigenvalue weighted by Crippen LogP contribution is -2.51. The van der Waals surface area contributed by atoms with Crippen LogP contribution in [0.1, 0.15) is 36.1 Å². The molecule has 4 nitrogen and oxygen atoms in total. The van der Waals surface area contributed by atoms with Gasteiger partial charge in [0.1, 0.15) is 11.9 Å². The number of benzene rings is 3. The highest BCUT2D eigenvalue weighted by Crippen LogP contribution is 2.19. The molecule has 0 saturated heterocycles. The van der Waals surface area contributed by atoms with Gasteiger partial charge in [0.15, 0.2) is 0 Å². The maximum absolute atomic E-state index is 13.6. The van der Waals surface area contributed by atoms with Gasteiger partial charge in [0.2, 0.25) is 11.8 Å². The summed E-state index contributed by atoms with van der Waals surface area (Å²) in [4.78, 5) is 28.8. The Balaban J connectivity index is 1.83. The van der Waals surface area contributed by atoms with Crippen LogP contribution in [0.3, 0.4) is 0 Å². The van der Waals surface area contributed by atoms with Crippen LogP contribution in [0.4, 0.5) is 4.39 Å². The lowest BCUT2D eigenvalue weighted by atomic mass is 10.0. The van der Waals surface area contributed by atoms with Crippen molar-refractivity contribution in [1.29, 1.82) is 0 Å². The number of nitrogens with one attached hydrogen (secondary N) is 1. The fourth-order valence-corrected chi connectivity index (χ4v) is 4.77. The van der Waals surface area contributed by atoms with E-state index >= 15 is 0 Å². The molecule has 0 fully saturated rings. The molecule has 0 saturated carbocycles. The Labute approximate surface area is 218 Å². The van der Waals surface area contributed by atoms with Crippen molar-refractivity contribution in [3.63, 3.8) is 0 Å². The molecule has 3 aromatic carbocycles. The Kier molecular flexibility index (Phi) is 10.6. The highest BCUT2D eigenvalue weighted by Gasteiger charge is 2.30. The van der Waals surface area contributed by atoms with Gasteiger partial charge in [0.05, 0.1) is 5.75 Å². The van der Waals surface area contributed by atoms with Gasteiger partial charge in [-0.15, -0.1) is 11.8 Å². The Bertz CT molecular complexity index is 1120. The van der Waals surface area contributed by atoms with Crippen molar-refractivity contribution in [2.45, 2.75) is 45.5 Å². The minimum absolute atomic E-state index is 0.0933.